The zero-order valence-electron chi connectivity index (χ0n) is 19.8. The molecule has 1 N–H and O–H groups in total. The van der Waals surface area contributed by atoms with Gasteiger partial charge in [-0.25, -0.2) is 8.42 Å². The van der Waals surface area contributed by atoms with Gasteiger partial charge in [0.2, 0.25) is 0 Å². The molecule has 5 nitrogen and oxygen atoms in total. The highest BCUT2D eigenvalue weighted by Crippen LogP contribution is 2.23. The van der Waals surface area contributed by atoms with E-state index in [0.29, 0.717) is 29.9 Å². The van der Waals surface area contributed by atoms with Gasteiger partial charge < -0.3 is 4.90 Å². The molecule has 0 aliphatic carbocycles. The lowest BCUT2D eigenvalue weighted by atomic mass is 10.1. The minimum absolute atomic E-state index is 0.0872. The Hall–Kier alpha value is -3.90. The van der Waals surface area contributed by atoms with Crippen molar-refractivity contribution >= 4 is 21.6 Å². The Bertz CT molecular complexity index is 1380. The van der Waals surface area contributed by atoms with Gasteiger partial charge in [-0.1, -0.05) is 78.9 Å². The average Bonchev–Trinajstić information content (AvgIpc) is 2.84. The van der Waals surface area contributed by atoms with Gasteiger partial charge in [-0.3, -0.25) is 9.52 Å². The second-order valence-corrected chi connectivity index (χ2v) is 10.2. The summed E-state index contributed by atoms with van der Waals surface area (Å²) in [5.41, 5.74) is 4.32. The topological polar surface area (TPSA) is 66.5 Å². The summed E-state index contributed by atoms with van der Waals surface area (Å²) in [6.45, 7) is 4.44. The molecule has 0 aliphatic heterocycles. The van der Waals surface area contributed by atoms with E-state index in [1.165, 1.54) is 6.07 Å². The van der Waals surface area contributed by atoms with Crippen LogP contribution < -0.4 is 4.72 Å². The molecule has 0 radical (unpaired) electrons. The Morgan fingerprint density at radius 2 is 1.34 bits per heavy atom. The summed E-state index contributed by atoms with van der Waals surface area (Å²) < 4.78 is 29.1. The van der Waals surface area contributed by atoms with Crippen LogP contribution in [0.3, 0.4) is 0 Å². The molecule has 0 saturated heterocycles. The lowest BCUT2D eigenvalue weighted by Gasteiger charge is -2.24. The monoisotopic (exact) mass is 484 g/mol. The Labute approximate surface area is 207 Å². The van der Waals surface area contributed by atoms with Gasteiger partial charge in [-0.2, -0.15) is 0 Å². The minimum Gasteiger partial charge on any atom is -0.330 e. The van der Waals surface area contributed by atoms with Crippen molar-refractivity contribution in [2.24, 2.45) is 0 Å². The largest absolute Gasteiger partial charge is 0.330 e. The Balaban J connectivity index is 1.66. The molecule has 6 heteroatoms. The summed E-state index contributed by atoms with van der Waals surface area (Å²) >= 11 is 0. The standard InChI is InChI=1S/C29H28N2O3S/c1-22-10-9-15-27(18-22)30-35(33,34)28-19-26(17-16-23(28)2)29(32)31(20-24-11-5-3-6-12-24)21-25-13-7-4-8-14-25/h3-19,30H,20-21H2,1-2H3. The van der Waals surface area contributed by atoms with Crippen molar-refractivity contribution in [3.05, 3.63) is 131 Å². The molecule has 0 fully saturated rings. The molecule has 0 aromatic heterocycles. The summed E-state index contributed by atoms with van der Waals surface area (Å²) in [5, 5.41) is 0. The smallest absolute Gasteiger partial charge is 0.262 e. The Morgan fingerprint density at radius 3 is 1.91 bits per heavy atom. The molecule has 4 aromatic rings. The number of rotatable bonds is 8. The second-order valence-electron chi connectivity index (χ2n) is 8.59. The van der Waals surface area contributed by atoms with Crippen molar-refractivity contribution in [3.8, 4) is 0 Å². The van der Waals surface area contributed by atoms with Crippen LogP contribution in [-0.4, -0.2) is 19.2 Å². The highest BCUT2D eigenvalue weighted by atomic mass is 32.2. The quantitative estimate of drug-likeness (QED) is 0.336. The van der Waals surface area contributed by atoms with Gasteiger partial charge in [0.05, 0.1) is 4.90 Å². The fourth-order valence-corrected chi connectivity index (χ4v) is 5.25. The van der Waals surface area contributed by atoms with Gasteiger partial charge in [0.1, 0.15) is 0 Å². The number of sulfonamides is 1. The van der Waals surface area contributed by atoms with E-state index in [9.17, 15) is 13.2 Å². The predicted octanol–water partition coefficient (Wildman–Crippen LogP) is 5.95. The first-order valence-corrected chi connectivity index (χ1v) is 12.9. The molecule has 35 heavy (non-hydrogen) atoms. The van der Waals surface area contributed by atoms with Crippen molar-refractivity contribution in [2.45, 2.75) is 31.8 Å². The summed E-state index contributed by atoms with van der Waals surface area (Å²) in [6, 6.07) is 31.5. The minimum atomic E-state index is -3.88. The summed E-state index contributed by atoms with van der Waals surface area (Å²) in [4.78, 5) is 15.5. The first-order chi connectivity index (χ1) is 16.8. The SMILES string of the molecule is Cc1cccc(NS(=O)(=O)c2cc(C(=O)N(Cc3ccccc3)Cc3ccccc3)ccc2C)c1. The van der Waals surface area contributed by atoms with E-state index < -0.39 is 10.0 Å². The van der Waals surface area contributed by atoms with Gasteiger partial charge in [0.25, 0.3) is 15.9 Å². The van der Waals surface area contributed by atoms with E-state index >= 15 is 0 Å². The van der Waals surface area contributed by atoms with E-state index in [0.717, 1.165) is 16.7 Å². The van der Waals surface area contributed by atoms with Crippen LogP contribution in [0.25, 0.3) is 0 Å². The number of hydrogen-bond donors (Lipinski definition) is 1. The van der Waals surface area contributed by atoms with E-state index in [1.54, 1.807) is 42.2 Å². The molecule has 1 amide bonds. The second kappa shape index (κ2) is 10.6. The maximum Gasteiger partial charge on any atom is 0.262 e. The normalized spacial score (nSPS) is 11.1. The number of nitrogens with one attached hydrogen (secondary N) is 1. The predicted molar refractivity (Wildman–Crippen MR) is 140 cm³/mol. The van der Waals surface area contributed by atoms with E-state index in [4.69, 9.17) is 0 Å². The molecule has 0 bridgehead atoms. The third-order valence-electron chi connectivity index (χ3n) is 5.71. The number of amides is 1. The summed E-state index contributed by atoms with van der Waals surface area (Å²) in [7, 11) is -3.88. The highest BCUT2D eigenvalue weighted by Gasteiger charge is 2.22. The molecule has 0 atom stereocenters. The first-order valence-electron chi connectivity index (χ1n) is 11.4. The van der Waals surface area contributed by atoms with Crippen molar-refractivity contribution < 1.29 is 13.2 Å². The molecule has 0 heterocycles. The zero-order chi connectivity index (χ0) is 24.8. The number of aryl methyl sites for hydroxylation is 2. The molecule has 0 spiro atoms. The third kappa shape index (κ3) is 6.16. The maximum atomic E-state index is 13.7. The van der Waals surface area contributed by atoms with Gasteiger partial charge in [-0.15, -0.1) is 0 Å². The zero-order valence-corrected chi connectivity index (χ0v) is 20.6. The van der Waals surface area contributed by atoms with E-state index in [2.05, 4.69) is 4.72 Å². The van der Waals surface area contributed by atoms with E-state index in [-0.39, 0.29) is 10.8 Å². The Morgan fingerprint density at radius 1 is 0.743 bits per heavy atom. The van der Waals surface area contributed by atoms with Crippen LogP contribution in [0.1, 0.15) is 32.6 Å². The number of carbonyl (C=O) groups excluding carboxylic acids is 1. The van der Waals surface area contributed by atoms with Crippen LogP contribution >= 0.6 is 0 Å². The number of anilines is 1. The third-order valence-corrected chi connectivity index (χ3v) is 7.24. The number of benzene rings is 4. The summed E-state index contributed by atoms with van der Waals surface area (Å²) in [6.07, 6.45) is 0. The maximum absolute atomic E-state index is 13.7. The average molecular weight is 485 g/mol. The van der Waals surface area contributed by atoms with Crippen molar-refractivity contribution in [3.63, 3.8) is 0 Å². The lowest BCUT2D eigenvalue weighted by Crippen LogP contribution is -2.30. The molecular formula is C29H28N2O3S. The van der Waals surface area contributed by atoms with Crippen LogP contribution in [0.2, 0.25) is 0 Å². The van der Waals surface area contributed by atoms with Crippen LogP contribution in [0.4, 0.5) is 5.69 Å². The van der Waals surface area contributed by atoms with Crippen LogP contribution in [0.5, 0.6) is 0 Å². The number of carbonyl (C=O) groups is 1. The van der Waals surface area contributed by atoms with Gasteiger partial charge in [0, 0.05) is 24.3 Å². The molecular weight excluding hydrogens is 456 g/mol. The molecule has 4 aromatic carbocycles. The van der Waals surface area contributed by atoms with Crippen molar-refractivity contribution in [1.82, 2.24) is 4.90 Å². The van der Waals surface area contributed by atoms with Gasteiger partial charge >= 0.3 is 0 Å². The van der Waals surface area contributed by atoms with E-state index in [1.807, 2.05) is 73.7 Å². The molecule has 0 aliphatic rings. The van der Waals surface area contributed by atoms with Gasteiger partial charge in [-0.05, 0) is 60.4 Å². The Kier molecular flexibility index (Phi) is 7.32. The summed E-state index contributed by atoms with van der Waals surface area (Å²) in [5.74, 6) is -0.232. The van der Waals surface area contributed by atoms with Crippen molar-refractivity contribution in [1.29, 1.82) is 0 Å². The van der Waals surface area contributed by atoms with Crippen molar-refractivity contribution in [2.75, 3.05) is 4.72 Å². The number of nitrogens with zero attached hydrogens (tertiary/aromatic N) is 1. The molecule has 0 saturated carbocycles. The van der Waals surface area contributed by atoms with Gasteiger partial charge in [0.15, 0.2) is 0 Å². The lowest BCUT2D eigenvalue weighted by molar-refractivity contribution is 0.0729. The molecule has 4 rings (SSSR count). The fourth-order valence-electron chi connectivity index (χ4n) is 3.93. The van der Waals surface area contributed by atoms with Crippen LogP contribution in [0.15, 0.2) is 108 Å². The van der Waals surface area contributed by atoms with Crippen LogP contribution in [-0.2, 0) is 23.1 Å². The highest BCUT2D eigenvalue weighted by molar-refractivity contribution is 7.92. The fraction of sp³-hybridized carbons (Fsp3) is 0.138. The number of hydrogen-bond acceptors (Lipinski definition) is 3. The molecule has 0 unspecified atom stereocenters. The molecule has 178 valence electrons. The van der Waals surface area contributed by atoms with Crippen LogP contribution in [0, 0.1) is 13.8 Å². The first kappa shape index (κ1) is 24.2.